The number of nitrogens with one attached hydrogen (secondary N) is 1. The number of ether oxygens (including phenoxy) is 1. The van der Waals surface area contributed by atoms with Crippen molar-refractivity contribution in [2.75, 3.05) is 29.9 Å². The normalized spacial score (nSPS) is 20.4. The molecule has 1 saturated heterocycles. The highest BCUT2D eigenvalue weighted by Gasteiger charge is 2.15. The van der Waals surface area contributed by atoms with Crippen molar-refractivity contribution in [3.8, 4) is 0 Å². The van der Waals surface area contributed by atoms with Gasteiger partial charge in [0.1, 0.15) is 11.6 Å². The van der Waals surface area contributed by atoms with Crippen molar-refractivity contribution in [1.29, 1.82) is 0 Å². The van der Waals surface area contributed by atoms with Gasteiger partial charge in [-0.2, -0.15) is 9.97 Å². The number of hydrogen-bond donors (Lipinski definition) is 3. The Hall–Kier alpha value is -1.56. The van der Waals surface area contributed by atoms with Crippen LogP contribution < -0.4 is 16.8 Å². The van der Waals surface area contributed by atoms with Crippen molar-refractivity contribution in [2.24, 2.45) is 0 Å². The highest BCUT2D eigenvalue weighted by Crippen LogP contribution is 2.14. The van der Waals surface area contributed by atoms with Crippen molar-refractivity contribution in [2.45, 2.75) is 18.9 Å². The monoisotopic (exact) mass is 209 g/mol. The van der Waals surface area contributed by atoms with E-state index in [1.54, 1.807) is 6.07 Å². The summed E-state index contributed by atoms with van der Waals surface area (Å²) < 4.78 is 5.47. The van der Waals surface area contributed by atoms with E-state index in [4.69, 9.17) is 16.2 Å². The van der Waals surface area contributed by atoms with Gasteiger partial charge >= 0.3 is 0 Å². The summed E-state index contributed by atoms with van der Waals surface area (Å²) in [5, 5.41) is 3.13. The maximum absolute atomic E-state index is 5.54. The van der Waals surface area contributed by atoms with Crippen LogP contribution in [0.1, 0.15) is 12.8 Å². The number of hydrogen-bond acceptors (Lipinski definition) is 6. The minimum atomic E-state index is 0.185. The molecule has 0 spiro atoms. The second-order valence-electron chi connectivity index (χ2n) is 3.55. The van der Waals surface area contributed by atoms with Crippen molar-refractivity contribution >= 4 is 17.6 Å². The van der Waals surface area contributed by atoms with E-state index in [0.717, 1.165) is 26.0 Å². The van der Waals surface area contributed by atoms with Gasteiger partial charge in [0.25, 0.3) is 0 Å². The third kappa shape index (κ3) is 2.69. The quantitative estimate of drug-likeness (QED) is 0.659. The first-order chi connectivity index (χ1) is 7.24. The van der Waals surface area contributed by atoms with Gasteiger partial charge in [-0.3, -0.25) is 0 Å². The molecule has 2 rings (SSSR count). The Bertz CT molecular complexity index is 317. The summed E-state index contributed by atoms with van der Waals surface area (Å²) in [6, 6.07) is 1.66. The summed E-state index contributed by atoms with van der Waals surface area (Å²) in [7, 11) is 0. The van der Waals surface area contributed by atoms with Crippen LogP contribution in [0.15, 0.2) is 6.07 Å². The molecule has 1 atom stereocenters. The lowest BCUT2D eigenvalue weighted by atomic mass is 10.2. The number of nitrogens with zero attached hydrogens (tertiary/aromatic N) is 2. The first kappa shape index (κ1) is 9.97. The van der Waals surface area contributed by atoms with Gasteiger partial charge in [-0.15, -0.1) is 0 Å². The molecule has 15 heavy (non-hydrogen) atoms. The molecule has 0 radical (unpaired) electrons. The second kappa shape index (κ2) is 4.31. The molecule has 1 aromatic heterocycles. The maximum Gasteiger partial charge on any atom is 0.223 e. The summed E-state index contributed by atoms with van der Waals surface area (Å²) in [4.78, 5) is 7.80. The van der Waals surface area contributed by atoms with Crippen molar-refractivity contribution in [3.05, 3.63) is 6.07 Å². The summed E-state index contributed by atoms with van der Waals surface area (Å²) in [5.74, 6) is 1.21. The Morgan fingerprint density at radius 3 is 3.00 bits per heavy atom. The van der Waals surface area contributed by atoms with E-state index in [2.05, 4.69) is 15.3 Å². The standard InChI is InChI=1S/C9H15N5O/c10-7-4-8(14-9(11)13-7)12-5-6-2-1-3-15-6/h4,6H,1-3,5H2,(H5,10,11,12,13,14). The topological polar surface area (TPSA) is 99.1 Å². The molecule has 0 saturated carbocycles. The van der Waals surface area contributed by atoms with Crippen LogP contribution in [0.5, 0.6) is 0 Å². The summed E-state index contributed by atoms with van der Waals surface area (Å²) in [6.07, 6.45) is 2.48. The second-order valence-corrected chi connectivity index (χ2v) is 3.55. The zero-order valence-corrected chi connectivity index (χ0v) is 8.44. The molecule has 1 fully saturated rings. The molecule has 0 amide bonds. The zero-order chi connectivity index (χ0) is 10.7. The van der Waals surface area contributed by atoms with Crippen LogP contribution in [0.2, 0.25) is 0 Å². The van der Waals surface area contributed by atoms with E-state index in [-0.39, 0.29) is 12.1 Å². The van der Waals surface area contributed by atoms with Gasteiger partial charge in [0.2, 0.25) is 5.95 Å². The molecule has 1 unspecified atom stereocenters. The van der Waals surface area contributed by atoms with E-state index in [1.165, 1.54) is 0 Å². The summed E-state index contributed by atoms with van der Waals surface area (Å²) in [5.41, 5.74) is 11.0. The molecular formula is C9H15N5O. The molecule has 5 N–H and O–H groups in total. The third-order valence-electron chi connectivity index (χ3n) is 2.30. The van der Waals surface area contributed by atoms with Gasteiger partial charge < -0.3 is 21.5 Å². The molecule has 82 valence electrons. The van der Waals surface area contributed by atoms with Gasteiger partial charge in [0, 0.05) is 19.2 Å². The average Bonchev–Trinajstić information content (AvgIpc) is 2.65. The predicted molar refractivity (Wildman–Crippen MR) is 58.3 cm³/mol. The molecule has 0 aliphatic carbocycles. The number of aromatic nitrogens is 2. The average molecular weight is 209 g/mol. The Morgan fingerprint density at radius 1 is 1.47 bits per heavy atom. The third-order valence-corrected chi connectivity index (χ3v) is 2.30. The molecule has 1 aliphatic heterocycles. The highest BCUT2D eigenvalue weighted by atomic mass is 16.5. The van der Waals surface area contributed by atoms with Gasteiger partial charge in [-0.1, -0.05) is 0 Å². The van der Waals surface area contributed by atoms with E-state index in [0.29, 0.717) is 11.6 Å². The van der Waals surface area contributed by atoms with Gasteiger partial charge in [-0.25, -0.2) is 0 Å². The summed E-state index contributed by atoms with van der Waals surface area (Å²) >= 11 is 0. The van der Waals surface area contributed by atoms with Crippen molar-refractivity contribution in [3.63, 3.8) is 0 Å². The lowest BCUT2D eigenvalue weighted by Gasteiger charge is -2.11. The fourth-order valence-corrected chi connectivity index (χ4v) is 1.60. The first-order valence-electron chi connectivity index (χ1n) is 4.99. The van der Waals surface area contributed by atoms with Crippen molar-refractivity contribution < 1.29 is 4.74 Å². The Labute approximate surface area is 88.0 Å². The highest BCUT2D eigenvalue weighted by molar-refractivity contribution is 5.48. The van der Waals surface area contributed by atoms with Crippen LogP contribution in [0, 0.1) is 0 Å². The largest absolute Gasteiger partial charge is 0.383 e. The van der Waals surface area contributed by atoms with Crippen LogP contribution in [0.25, 0.3) is 0 Å². The molecule has 6 nitrogen and oxygen atoms in total. The van der Waals surface area contributed by atoms with Gasteiger partial charge in [0.05, 0.1) is 6.10 Å². The predicted octanol–water partition coefficient (Wildman–Crippen LogP) is 0.232. The van der Waals surface area contributed by atoms with Gasteiger partial charge in [-0.05, 0) is 12.8 Å². The van der Waals surface area contributed by atoms with E-state index < -0.39 is 0 Å². The molecule has 0 aromatic carbocycles. The minimum Gasteiger partial charge on any atom is -0.383 e. The molecule has 1 aliphatic rings. The minimum absolute atomic E-state index is 0.185. The molecular weight excluding hydrogens is 194 g/mol. The lowest BCUT2D eigenvalue weighted by molar-refractivity contribution is 0.120. The zero-order valence-electron chi connectivity index (χ0n) is 8.44. The Balaban J connectivity index is 1.92. The number of nitrogens with two attached hydrogens (primary N) is 2. The van der Waals surface area contributed by atoms with Crippen LogP contribution in [-0.2, 0) is 4.74 Å². The number of rotatable bonds is 3. The Kier molecular flexibility index (Phi) is 2.86. The van der Waals surface area contributed by atoms with Crippen molar-refractivity contribution in [1.82, 2.24) is 9.97 Å². The maximum atomic E-state index is 5.54. The van der Waals surface area contributed by atoms with E-state index in [9.17, 15) is 0 Å². The molecule has 1 aromatic rings. The first-order valence-corrected chi connectivity index (χ1v) is 4.99. The van der Waals surface area contributed by atoms with Crippen LogP contribution in [0.3, 0.4) is 0 Å². The molecule has 6 heteroatoms. The van der Waals surface area contributed by atoms with Gasteiger partial charge in [0.15, 0.2) is 0 Å². The SMILES string of the molecule is Nc1cc(NCC2CCCO2)nc(N)n1. The van der Waals surface area contributed by atoms with Crippen LogP contribution in [-0.4, -0.2) is 29.2 Å². The smallest absolute Gasteiger partial charge is 0.223 e. The fraction of sp³-hybridized carbons (Fsp3) is 0.556. The van der Waals surface area contributed by atoms with E-state index in [1.807, 2.05) is 0 Å². The Morgan fingerprint density at radius 2 is 2.33 bits per heavy atom. The number of anilines is 3. The number of nitrogen functional groups attached to an aromatic ring is 2. The lowest BCUT2D eigenvalue weighted by Crippen LogP contribution is -2.19. The van der Waals surface area contributed by atoms with Crippen LogP contribution in [0.4, 0.5) is 17.6 Å². The summed E-state index contributed by atoms with van der Waals surface area (Å²) in [6.45, 7) is 1.58. The molecule has 2 heterocycles. The molecule has 0 bridgehead atoms. The van der Waals surface area contributed by atoms with E-state index >= 15 is 0 Å². The van der Waals surface area contributed by atoms with Crippen LogP contribution >= 0.6 is 0 Å². The fourth-order valence-electron chi connectivity index (χ4n) is 1.60.